The van der Waals surface area contributed by atoms with Gasteiger partial charge in [-0.3, -0.25) is 0 Å². The lowest BCUT2D eigenvalue weighted by molar-refractivity contribution is 0.475. The highest BCUT2D eigenvalue weighted by atomic mass is 19.1. The van der Waals surface area contributed by atoms with Crippen LogP contribution in [0.2, 0.25) is 0 Å². The molecule has 0 radical (unpaired) electrons. The van der Waals surface area contributed by atoms with Gasteiger partial charge in [0.25, 0.3) is 0 Å². The van der Waals surface area contributed by atoms with Crippen LogP contribution < -0.4 is 25.6 Å². The van der Waals surface area contributed by atoms with Crippen LogP contribution >= 0.6 is 0 Å². The zero-order valence-corrected chi connectivity index (χ0v) is 35.0. The largest absolute Gasteiger partial charge is 0.335 e. The molecule has 3 unspecified atom stereocenters. The van der Waals surface area contributed by atoms with E-state index < -0.39 is 0 Å². The van der Waals surface area contributed by atoms with Crippen molar-refractivity contribution in [2.24, 2.45) is 11.8 Å². The molecule has 62 heavy (non-hydrogen) atoms. The van der Waals surface area contributed by atoms with Gasteiger partial charge in [0.1, 0.15) is 11.6 Å². The molecular formula is C56H46BF2N3. The molecule has 3 aliphatic heterocycles. The number of hydrogen-bond donors (Lipinski definition) is 0. The van der Waals surface area contributed by atoms with E-state index in [0.29, 0.717) is 23.0 Å². The van der Waals surface area contributed by atoms with Gasteiger partial charge in [-0.2, -0.15) is 0 Å². The summed E-state index contributed by atoms with van der Waals surface area (Å²) in [6, 6.07) is 41.0. The van der Waals surface area contributed by atoms with Gasteiger partial charge in [-0.05, 0) is 115 Å². The minimum atomic E-state index is -0.236. The Labute approximate surface area is 363 Å². The fourth-order valence-electron chi connectivity index (χ4n) is 11.4. The van der Waals surface area contributed by atoms with Crippen LogP contribution in [0.4, 0.5) is 42.9 Å². The number of allylic oxidation sites excluding steroid dienone is 8. The molecule has 0 aromatic heterocycles. The van der Waals surface area contributed by atoms with E-state index in [1.54, 1.807) is 18.2 Å². The first kappa shape index (κ1) is 37.1. The molecule has 3 nitrogen and oxygen atoms in total. The first-order valence-electron chi connectivity index (χ1n) is 22.3. The highest BCUT2D eigenvalue weighted by molar-refractivity contribution is 6.95. The Kier molecular flexibility index (Phi) is 8.67. The molecule has 3 heterocycles. The predicted molar refractivity (Wildman–Crippen MR) is 255 cm³/mol. The maximum Gasteiger partial charge on any atom is 0.247 e. The molecule has 3 aliphatic carbocycles. The molecule has 6 aromatic carbocycles. The van der Waals surface area contributed by atoms with Gasteiger partial charge >= 0.3 is 0 Å². The Balaban J connectivity index is 1.18. The van der Waals surface area contributed by atoms with Gasteiger partial charge in [-0.1, -0.05) is 129 Å². The quantitative estimate of drug-likeness (QED) is 0.160. The van der Waals surface area contributed by atoms with Crippen molar-refractivity contribution in [3.05, 3.63) is 192 Å². The van der Waals surface area contributed by atoms with E-state index >= 15 is 8.78 Å². The minimum Gasteiger partial charge on any atom is -0.335 e. The van der Waals surface area contributed by atoms with Crippen molar-refractivity contribution in [2.45, 2.75) is 52.0 Å². The van der Waals surface area contributed by atoms with Crippen LogP contribution in [-0.2, 0) is 0 Å². The van der Waals surface area contributed by atoms with Crippen LogP contribution in [0.15, 0.2) is 181 Å². The summed E-state index contributed by atoms with van der Waals surface area (Å²) in [7, 11) is 0. The molecule has 12 rings (SSSR count). The summed E-state index contributed by atoms with van der Waals surface area (Å²) in [5.74, 6) is 0.423. The monoisotopic (exact) mass is 809 g/mol. The molecule has 0 saturated heterocycles. The zero-order valence-electron chi connectivity index (χ0n) is 35.0. The molecule has 0 fully saturated rings. The van der Waals surface area contributed by atoms with Crippen LogP contribution in [0.3, 0.4) is 0 Å². The van der Waals surface area contributed by atoms with Crippen LogP contribution in [0.1, 0.15) is 46.0 Å². The number of fused-ring (bicyclic) bond motifs is 10. The van der Waals surface area contributed by atoms with Gasteiger partial charge in [0.2, 0.25) is 6.71 Å². The fraction of sp³-hybridized carbons (Fsp3) is 0.179. The number of rotatable bonds is 5. The predicted octanol–water partition coefficient (Wildman–Crippen LogP) is 13.6. The molecule has 0 bridgehead atoms. The molecule has 0 N–H and O–H groups in total. The lowest BCUT2D eigenvalue weighted by Gasteiger charge is -2.51. The molecule has 6 heteroatoms. The number of benzene rings is 6. The summed E-state index contributed by atoms with van der Waals surface area (Å²) in [5.41, 5.74) is 17.5. The average Bonchev–Trinajstić information content (AvgIpc) is 3.42. The maximum absolute atomic E-state index is 16.6. The van der Waals surface area contributed by atoms with Crippen LogP contribution in [0, 0.1) is 23.5 Å². The number of para-hydroxylation sites is 2. The highest BCUT2D eigenvalue weighted by Gasteiger charge is 2.50. The van der Waals surface area contributed by atoms with E-state index in [0.717, 1.165) is 88.5 Å². The number of hydrogen-bond acceptors (Lipinski definition) is 3. The van der Waals surface area contributed by atoms with Crippen molar-refractivity contribution in [2.75, 3.05) is 14.7 Å². The molecular weight excluding hydrogens is 763 g/mol. The molecule has 6 aromatic rings. The third kappa shape index (κ3) is 5.61. The van der Waals surface area contributed by atoms with Gasteiger partial charge in [0, 0.05) is 68.0 Å². The van der Waals surface area contributed by atoms with Crippen molar-refractivity contribution >= 4 is 51.8 Å². The Hall–Kier alpha value is -6.66. The van der Waals surface area contributed by atoms with E-state index in [1.165, 1.54) is 27.8 Å². The standard InChI is InChI=1S/C56H46BF2N3/c1-35-14-12-17-38(32-35)60(37-15-4-3-5-16-37)39-27-30-46-53(34-39)62-50-25-11-8-20-44(50)54-42(21-13-23-48(54)59)43-28-31-51-55(56(43)62)57(46)45-29-26-36(2)33-52(45)61(51)49-24-10-7-19-41(49)40-18-6-9-22-47(40)58/h3-4,6-13,15,17-25,27-32,34-36,52H,5,14,16,26,33H2,1-2H3. The van der Waals surface area contributed by atoms with Crippen LogP contribution in [0.5, 0.6) is 0 Å². The maximum atomic E-state index is 16.6. The molecule has 0 saturated carbocycles. The SMILES string of the molecule is CC1C=C(N(C2=CC=CCC2)c2ccc3c(c2)N2c4ccccc4-c4c(F)cccc4-c4ccc5c(c42)B3C2=CCC(C)CC2N5c2ccccc2-c2ccccc2F)C=CC1. The summed E-state index contributed by atoms with van der Waals surface area (Å²) in [4.78, 5) is 7.43. The van der Waals surface area contributed by atoms with E-state index in [1.807, 2.05) is 30.3 Å². The summed E-state index contributed by atoms with van der Waals surface area (Å²) in [6.07, 6.45) is 21.1. The van der Waals surface area contributed by atoms with Crippen molar-refractivity contribution < 1.29 is 8.78 Å². The van der Waals surface area contributed by atoms with Crippen molar-refractivity contribution in [3.63, 3.8) is 0 Å². The minimum absolute atomic E-state index is 0.0406. The Morgan fingerprint density at radius 2 is 1.45 bits per heavy atom. The number of nitrogens with zero attached hydrogens (tertiary/aromatic N) is 3. The molecule has 3 atom stereocenters. The van der Waals surface area contributed by atoms with Crippen molar-refractivity contribution in [1.29, 1.82) is 0 Å². The van der Waals surface area contributed by atoms with Crippen molar-refractivity contribution in [1.82, 2.24) is 0 Å². The first-order valence-corrected chi connectivity index (χ1v) is 22.3. The van der Waals surface area contributed by atoms with Crippen molar-refractivity contribution in [3.8, 4) is 33.4 Å². The second-order valence-electron chi connectivity index (χ2n) is 17.9. The van der Waals surface area contributed by atoms with Gasteiger partial charge in [0.15, 0.2) is 0 Å². The zero-order chi connectivity index (χ0) is 41.6. The lowest BCUT2D eigenvalue weighted by atomic mass is 9.31. The smallest absolute Gasteiger partial charge is 0.247 e. The summed E-state index contributed by atoms with van der Waals surface area (Å²) in [6.45, 7) is 4.60. The lowest BCUT2D eigenvalue weighted by Crippen LogP contribution is -2.61. The Morgan fingerprint density at radius 3 is 2.27 bits per heavy atom. The van der Waals surface area contributed by atoms with E-state index in [4.69, 9.17) is 0 Å². The summed E-state index contributed by atoms with van der Waals surface area (Å²) >= 11 is 0. The summed E-state index contributed by atoms with van der Waals surface area (Å²) < 4.78 is 32.4. The van der Waals surface area contributed by atoms with Gasteiger partial charge in [0.05, 0.1) is 11.4 Å². The molecule has 302 valence electrons. The summed E-state index contributed by atoms with van der Waals surface area (Å²) in [5, 5.41) is 0. The second kappa shape index (κ2) is 14.5. The van der Waals surface area contributed by atoms with Gasteiger partial charge in [-0.15, -0.1) is 0 Å². The number of halogens is 2. The van der Waals surface area contributed by atoms with E-state index in [2.05, 4.69) is 144 Å². The van der Waals surface area contributed by atoms with E-state index in [-0.39, 0.29) is 24.4 Å². The fourth-order valence-corrected chi connectivity index (χ4v) is 11.4. The topological polar surface area (TPSA) is 9.72 Å². The first-order chi connectivity index (χ1) is 30.4. The molecule has 0 amide bonds. The van der Waals surface area contributed by atoms with Gasteiger partial charge < -0.3 is 14.7 Å². The van der Waals surface area contributed by atoms with Crippen LogP contribution in [-0.4, -0.2) is 12.8 Å². The van der Waals surface area contributed by atoms with Crippen LogP contribution in [0.25, 0.3) is 33.4 Å². The normalized spacial score (nSPS) is 20.2. The Bertz CT molecular complexity index is 3010. The Morgan fingerprint density at radius 1 is 0.677 bits per heavy atom. The third-order valence-corrected chi connectivity index (χ3v) is 14.0. The highest BCUT2D eigenvalue weighted by Crippen LogP contribution is 2.56. The molecule has 6 aliphatic rings. The third-order valence-electron chi connectivity index (χ3n) is 14.0. The number of anilines is 6. The second-order valence-corrected chi connectivity index (χ2v) is 17.9. The average molecular weight is 810 g/mol. The van der Waals surface area contributed by atoms with E-state index in [9.17, 15) is 0 Å². The van der Waals surface area contributed by atoms with Gasteiger partial charge in [-0.25, -0.2) is 8.78 Å². The molecule has 0 spiro atoms.